The quantitative estimate of drug-likeness (QED) is 0.0215. The maximum atomic E-state index is 13.7. The molecule has 4 heterocycles. The fourth-order valence-corrected chi connectivity index (χ4v) is 10.3. The van der Waals surface area contributed by atoms with Gasteiger partial charge in [0.2, 0.25) is 24.0 Å². The molecular weight excluding hydrogens is 1060 g/mol. The summed E-state index contributed by atoms with van der Waals surface area (Å²) in [5.74, 6) is -2.60. The minimum absolute atomic E-state index is 0.129. The number of hydrogen-bond donors (Lipinski definition) is 8. The molecule has 8 aromatic rings. The normalized spacial score (nSPS) is 14.5. The van der Waals surface area contributed by atoms with Crippen molar-refractivity contribution in [1.29, 1.82) is 0 Å². The van der Waals surface area contributed by atoms with Crippen molar-refractivity contribution in [2.75, 3.05) is 52.5 Å². The van der Waals surface area contributed by atoms with Crippen LogP contribution in [-0.4, -0.2) is 92.1 Å². The zero-order valence-corrected chi connectivity index (χ0v) is 45.8. The molecule has 0 saturated heterocycles. The van der Waals surface area contributed by atoms with E-state index >= 15 is 0 Å². The number of anilines is 5. The summed E-state index contributed by atoms with van der Waals surface area (Å²) in [5.41, 5.74) is 7.40. The maximum Gasteiger partial charge on any atom is 0.372 e. The number of esters is 2. The van der Waals surface area contributed by atoms with Crippen molar-refractivity contribution >= 4 is 97.5 Å². The van der Waals surface area contributed by atoms with Crippen LogP contribution >= 0.6 is 0 Å². The molecule has 20 heteroatoms. The number of ether oxygens (including phenoxy) is 2. The summed E-state index contributed by atoms with van der Waals surface area (Å²) < 4.78 is 13.1. The van der Waals surface area contributed by atoms with Crippen molar-refractivity contribution in [1.82, 2.24) is 19.9 Å². The fraction of sp³-hybridized carbons (Fsp3) is 0.190. The number of imidazole rings is 2. The molecule has 4 amide bonds. The highest BCUT2D eigenvalue weighted by Crippen LogP contribution is 2.48. The Kier molecular flexibility index (Phi) is 15.8. The number of carbonyl (C=O) groups is 6. The maximum absolute atomic E-state index is 13.7. The van der Waals surface area contributed by atoms with Crippen LogP contribution in [-0.2, 0) is 39.5 Å². The zero-order chi connectivity index (χ0) is 58.4. The van der Waals surface area contributed by atoms with Gasteiger partial charge in [0.05, 0.1) is 40.3 Å². The fourth-order valence-electron chi connectivity index (χ4n) is 10.3. The standard InChI is InChI=1S/C63H58N10O10/c1-62(2)44-32-38(58(78)66-40-14-8-5-9-15-40)20-26-50(44)72(36-56(76)82-30-28-54(74)64-42-22-24-46-48(34-42)70-60(80)68-46)52(62)18-12-7-13-19-53-63(3,4)45-33-39(59(79)67-41-16-10-6-11-17-41)21-27-51(45)73(53)37-57(77)83-31-29-55(75)65-43-23-25-47-49(35-43)71-61(81)69-47/h5-27,32-35H,28-31,36-37H2,1-4H3,(H7-,64,65,66,67,68,69,70,71,74,75,78,79,80,81)/p+1. The SMILES string of the molecule is CC1(C)C(=CC=CC=CC2=[N+](CC(=O)OCCC(=O)Nc3ccc4[nH]c(=O)[nH]c4c3)c3ccc(C(=O)Nc4ccccc4)cc3C2(C)C)N(CC(=O)OCCC(=O)Nc2ccc3[nH]c(=O)[nH]c3c2)c2ccc(C(=O)Nc3ccccc3)cc21. The number of para-hydroxylation sites is 2. The van der Waals surface area contributed by atoms with E-state index in [9.17, 15) is 38.4 Å². The van der Waals surface area contributed by atoms with E-state index in [0.29, 0.717) is 78.7 Å². The van der Waals surface area contributed by atoms with E-state index in [2.05, 4.69) is 41.2 Å². The molecule has 0 aliphatic carbocycles. The molecule has 0 fully saturated rings. The van der Waals surface area contributed by atoms with Crippen molar-refractivity contribution in [2.45, 2.75) is 51.4 Å². The Labute approximate surface area is 475 Å². The molecule has 2 aromatic heterocycles. The average Bonchev–Trinajstić information content (AvgIpc) is 3.71. The molecular formula is C63H59N10O10+. The number of H-pyrrole nitrogens is 4. The summed E-state index contributed by atoms with van der Waals surface area (Å²) >= 11 is 0. The van der Waals surface area contributed by atoms with Gasteiger partial charge in [-0.05, 0) is 116 Å². The molecule has 0 unspecified atom stereocenters. The number of amides is 4. The lowest BCUT2D eigenvalue weighted by Gasteiger charge is -2.26. The number of nitrogens with zero attached hydrogens (tertiary/aromatic N) is 2. The van der Waals surface area contributed by atoms with E-state index in [-0.39, 0.29) is 62.3 Å². The molecule has 0 atom stereocenters. The topological polar surface area (TPSA) is 273 Å². The van der Waals surface area contributed by atoms with Gasteiger partial charge < -0.3 is 55.6 Å². The second-order valence-corrected chi connectivity index (χ2v) is 20.9. The largest absolute Gasteiger partial charge is 0.464 e. The number of carbonyl (C=O) groups excluding carboxylic acids is 6. The number of aromatic nitrogens is 4. The summed E-state index contributed by atoms with van der Waals surface area (Å²) in [6.07, 6.45) is 8.97. The molecule has 10 rings (SSSR count). The van der Waals surface area contributed by atoms with E-state index < -0.39 is 34.6 Å². The lowest BCUT2D eigenvalue weighted by molar-refractivity contribution is -0.428. The summed E-state index contributed by atoms with van der Waals surface area (Å²) in [5, 5.41) is 11.4. The molecule has 6 aromatic carbocycles. The third-order valence-electron chi connectivity index (χ3n) is 14.5. The van der Waals surface area contributed by atoms with Gasteiger partial charge in [-0.15, -0.1) is 0 Å². The zero-order valence-electron chi connectivity index (χ0n) is 45.8. The Bertz CT molecular complexity index is 4130. The number of hydrogen-bond acceptors (Lipinski definition) is 11. The number of fused-ring (bicyclic) bond motifs is 4. The summed E-state index contributed by atoms with van der Waals surface area (Å²) in [4.78, 5) is 116. The van der Waals surface area contributed by atoms with Gasteiger partial charge in [-0.3, -0.25) is 24.0 Å². The molecule has 8 N–H and O–H groups in total. The summed E-state index contributed by atoms with van der Waals surface area (Å²) in [6.45, 7) is 7.13. The monoisotopic (exact) mass is 1120 g/mol. The number of benzene rings is 6. The van der Waals surface area contributed by atoms with Crippen LogP contribution in [0.5, 0.6) is 0 Å². The van der Waals surface area contributed by atoms with Crippen molar-refractivity contribution in [3.8, 4) is 0 Å². The van der Waals surface area contributed by atoms with E-state index in [1.807, 2.05) is 116 Å². The second kappa shape index (κ2) is 23.6. The molecule has 20 nitrogen and oxygen atoms in total. The third-order valence-corrected chi connectivity index (χ3v) is 14.5. The predicted molar refractivity (Wildman–Crippen MR) is 317 cm³/mol. The van der Waals surface area contributed by atoms with Crippen LogP contribution in [0, 0.1) is 0 Å². The Morgan fingerprint density at radius 1 is 0.530 bits per heavy atom. The molecule has 0 radical (unpaired) electrons. The van der Waals surface area contributed by atoms with E-state index in [0.717, 1.165) is 11.1 Å². The number of nitrogens with one attached hydrogen (secondary N) is 8. The minimum Gasteiger partial charge on any atom is -0.464 e. The van der Waals surface area contributed by atoms with Crippen molar-refractivity contribution in [3.63, 3.8) is 0 Å². The van der Waals surface area contributed by atoms with Crippen LogP contribution in [0.3, 0.4) is 0 Å². The molecule has 83 heavy (non-hydrogen) atoms. The first-order valence-corrected chi connectivity index (χ1v) is 26.7. The van der Waals surface area contributed by atoms with E-state index in [1.54, 1.807) is 84.9 Å². The van der Waals surface area contributed by atoms with Gasteiger partial charge in [0.25, 0.3) is 11.8 Å². The van der Waals surface area contributed by atoms with Crippen molar-refractivity contribution < 1.29 is 42.8 Å². The third kappa shape index (κ3) is 12.6. The minimum atomic E-state index is -0.748. The van der Waals surface area contributed by atoms with Crippen LogP contribution in [0.25, 0.3) is 22.1 Å². The highest BCUT2D eigenvalue weighted by molar-refractivity contribution is 6.08. The molecule has 0 saturated carbocycles. The molecule has 420 valence electrons. The molecule has 0 spiro atoms. The lowest BCUT2D eigenvalue weighted by Crippen LogP contribution is -2.32. The van der Waals surface area contributed by atoms with Gasteiger partial charge in [0.15, 0.2) is 5.71 Å². The number of rotatable bonds is 19. The van der Waals surface area contributed by atoms with Gasteiger partial charge in [0.1, 0.15) is 19.8 Å². The Morgan fingerprint density at radius 3 is 1.61 bits per heavy atom. The molecule has 0 bridgehead atoms. The smallest absolute Gasteiger partial charge is 0.372 e. The second-order valence-electron chi connectivity index (χ2n) is 20.9. The van der Waals surface area contributed by atoms with Crippen LogP contribution in [0.1, 0.15) is 72.4 Å². The first kappa shape index (κ1) is 55.7. The predicted octanol–water partition coefficient (Wildman–Crippen LogP) is 8.84. The van der Waals surface area contributed by atoms with Crippen molar-refractivity contribution in [2.24, 2.45) is 0 Å². The molecule has 2 aliphatic rings. The number of aromatic amines is 4. The summed E-state index contributed by atoms with van der Waals surface area (Å²) in [6, 6.07) is 38.7. The summed E-state index contributed by atoms with van der Waals surface area (Å²) in [7, 11) is 0. The van der Waals surface area contributed by atoms with Gasteiger partial charge in [-0.2, -0.15) is 4.58 Å². The Hall–Kier alpha value is -10.6. The van der Waals surface area contributed by atoms with Crippen molar-refractivity contribution in [3.05, 3.63) is 213 Å². The highest BCUT2D eigenvalue weighted by atomic mass is 16.5. The van der Waals surface area contributed by atoms with Gasteiger partial charge in [-0.1, -0.05) is 68.5 Å². The lowest BCUT2D eigenvalue weighted by atomic mass is 9.80. The Balaban J connectivity index is 0.876. The van der Waals surface area contributed by atoms with Crippen LogP contribution in [0.2, 0.25) is 0 Å². The van der Waals surface area contributed by atoms with Gasteiger partial charge in [0, 0.05) is 68.4 Å². The first-order chi connectivity index (χ1) is 39.9. The van der Waals surface area contributed by atoms with E-state index in [4.69, 9.17) is 9.47 Å². The van der Waals surface area contributed by atoms with Crippen LogP contribution in [0.15, 0.2) is 179 Å². The highest BCUT2D eigenvalue weighted by Gasteiger charge is 2.46. The molecule has 2 aliphatic heterocycles. The number of allylic oxidation sites excluding steroid dienone is 6. The van der Waals surface area contributed by atoms with Gasteiger partial charge >= 0.3 is 23.3 Å². The van der Waals surface area contributed by atoms with Gasteiger partial charge in [-0.25, -0.2) is 14.4 Å². The van der Waals surface area contributed by atoms with E-state index in [1.165, 1.54) is 0 Å². The van der Waals surface area contributed by atoms with Crippen LogP contribution < -0.4 is 37.5 Å². The average molecular weight is 1120 g/mol. The first-order valence-electron chi connectivity index (χ1n) is 26.7. The Morgan fingerprint density at radius 2 is 1.05 bits per heavy atom. The van der Waals surface area contributed by atoms with Crippen LogP contribution in [0.4, 0.5) is 34.1 Å².